The van der Waals surface area contributed by atoms with Crippen LogP contribution in [0.25, 0.3) is 0 Å². The fourth-order valence-electron chi connectivity index (χ4n) is 3.21. The Morgan fingerprint density at radius 3 is 2.25 bits per heavy atom. The number of urea groups is 1. The topological polar surface area (TPSA) is 71.1 Å². The summed E-state index contributed by atoms with van der Waals surface area (Å²) >= 11 is 0. The summed E-state index contributed by atoms with van der Waals surface area (Å²) in [7, 11) is 3.01. The van der Waals surface area contributed by atoms with Gasteiger partial charge in [0.25, 0.3) is 0 Å². The lowest BCUT2D eigenvalue weighted by molar-refractivity contribution is 0.0600. The second-order valence-corrected chi connectivity index (χ2v) is 6.65. The number of hydrogen-bond acceptors (Lipinski definition) is 5. The summed E-state index contributed by atoms with van der Waals surface area (Å²) in [6.45, 7) is 4.74. The van der Waals surface area contributed by atoms with Crippen LogP contribution in [0.1, 0.15) is 15.9 Å². The van der Waals surface area contributed by atoms with Crippen molar-refractivity contribution in [1.82, 2.24) is 4.90 Å². The number of nitrogens with zero attached hydrogens (tertiary/aromatic N) is 2. The Balaban J connectivity index is 1.58. The molecule has 2 aromatic carbocycles. The van der Waals surface area contributed by atoms with Crippen LogP contribution in [0, 0.1) is 6.92 Å². The predicted octanol–water partition coefficient (Wildman–Crippen LogP) is 3.14. The van der Waals surface area contributed by atoms with Crippen LogP contribution < -0.4 is 15.0 Å². The fourth-order valence-corrected chi connectivity index (χ4v) is 3.21. The molecule has 3 rings (SSSR count). The summed E-state index contributed by atoms with van der Waals surface area (Å²) in [4.78, 5) is 28.0. The normalized spacial score (nSPS) is 13.8. The Bertz CT molecular complexity index is 843. The molecule has 1 fully saturated rings. The van der Waals surface area contributed by atoms with Crippen LogP contribution >= 0.6 is 0 Å². The highest BCUT2D eigenvalue weighted by molar-refractivity contribution is 5.92. The molecular weight excluding hydrogens is 358 g/mol. The van der Waals surface area contributed by atoms with Crippen molar-refractivity contribution in [3.63, 3.8) is 0 Å². The first-order valence-corrected chi connectivity index (χ1v) is 9.15. The number of anilines is 2. The molecule has 0 spiro atoms. The van der Waals surface area contributed by atoms with Crippen molar-refractivity contribution in [2.24, 2.45) is 0 Å². The van der Waals surface area contributed by atoms with E-state index < -0.39 is 5.97 Å². The lowest BCUT2D eigenvalue weighted by Crippen LogP contribution is -2.50. The Morgan fingerprint density at radius 2 is 1.64 bits per heavy atom. The Morgan fingerprint density at radius 1 is 0.964 bits per heavy atom. The van der Waals surface area contributed by atoms with Gasteiger partial charge in [0.2, 0.25) is 0 Å². The van der Waals surface area contributed by atoms with Crippen LogP contribution in [-0.2, 0) is 4.74 Å². The smallest absolute Gasteiger partial charge is 0.337 e. The number of methoxy groups -OCH3 is 2. The zero-order valence-corrected chi connectivity index (χ0v) is 16.4. The largest absolute Gasteiger partial charge is 0.495 e. The maximum Gasteiger partial charge on any atom is 0.337 e. The molecule has 1 saturated heterocycles. The summed E-state index contributed by atoms with van der Waals surface area (Å²) in [5, 5.41) is 2.87. The van der Waals surface area contributed by atoms with E-state index in [4.69, 9.17) is 4.74 Å². The molecule has 7 heteroatoms. The van der Waals surface area contributed by atoms with Crippen molar-refractivity contribution in [2.45, 2.75) is 6.92 Å². The third-order valence-corrected chi connectivity index (χ3v) is 4.80. The molecule has 1 aliphatic heterocycles. The van der Waals surface area contributed by atoms with Crippen LogP contribution in [-0.4, -0.2) is 57.3 Å². The molecule has 0 unspecified atom stereocenters. The van der Waals surface area contributed by atoms with Gasteiger partial charge in [-0.25, -0.2) is 9.59 Å². The van der Waals surface area contributed by atoms with Crippen molar-refractivity contribution in [3.8, 4) is 5.75 Å². The first kappa shape index (κ1) is 19.5. The van der Waals surface area contributed by atoms with Gasteiger partial charge in [0, 0.05) is 31.9 Å². The second-order valence-electron chi connectivity index (χ2n) is 6.65. The number of piperazine rings is 1. The van der Waals surface area contributed by atoms with Gasteiger partial charge in [-0.3, -0.25) is 0 Å². The summed E-state index contributed by atoms with van der Waals surface area (Å²) in [5.41, 5.74) is 3.31. The molecule has 0 radical (unpaired) electrons. The number of carbonyl (C=O) groups is 2. The highest BCUT2D eigenvalue weighted by Gasteiger charge is 2.23. The van der Waals surface area contributed by atoms with Gasteiger partial charge in [0.05, 0.1) is 25.5 Å². The fraction of sp³-hybridized carbons (Fsp3) is 0.333. The SMILES string of the molecule is COC(=O)c1ccc(NC(=O)N2CCN(c3cc(C)ccc3OC)CC2)cc1. The van der Waals surface area contributed by atoms with E-state index in [-0.39, 0.29) is 6.03 Å². The van der Waals surface area contributed by atoms with E-state index in [2.05, 4.69) is 27.9 Å². The minimum atomic E-state index is -0.402. The molecule has 0 aromatic heterocycles. The van der Waals surface area contributed by atoms with E-state index >= 15 is 0 Å². The van der Waals surface area contributed by atoms with Crippen LogP contribution in [0.2, 0.25) is 0 Å². The summed E-state index contributed by atoms with van der Waals surface area (Å²) < 4.78 is 10.1. The van der Waals surface area contributed by atoms with Gasteiger partial charge in [-0.1, -0.05) is 6.07 Å². The number of amides is 2. The molecule has 28 heavy (non-hydrogen) atoms. The minimum absolute atomic E-state index is 0.151. The number of rotatable bonds is 4. The van der Waals surface area contributed by atoms with E-state index in [0.29, 0.717) is 24.3 Å². The molecule has 1 aliphatic rings. The highest BCUT2D eigenvalue weighted by atomic mass is 16.5. The molecule has 0 atom stereocenters. The summed E-state index contributed by atoms with van der Waals surface area (Å²) in [6, 6.07) is 12.6. The molecule has 7 nitrogen and oxygen atoms in total. The molecule has 1 heterocycles. The van der Waals surface area contributed by atoms with Gasteiger partial charge < -0.3 is 24.6 Å². The number of esters is 1. The number of aryl methyl sites for hydroxylation is 1. The molecule has 148 valence electrons. The third-order valence-electron chi connectivity index (χ3n) is 4.80. The highest BCUT2D eigenvalue weighted by Crippen LogP contribution is 2.30. The quantitative estimate of drug-likeness (QED) is 0.822. The van der Waals surface area contributed by atoms with E-state index in [9.17, 15) is 9.59 Å². The van der Waals surface area contributed by atoms with Crippen LogP contribution in [0.15, 0.2) is 42.5 Å². The second kappa shape index (κ2) is 8.65. The Hall–Kier alpha value is -3.22. The summed E-state index contributed by atoms with van der Waals surface area (Å²) in [6.07, 6.45) is 0. The van der Waals surface area contributed by atoms with Crippen molar-refractivity contribution in [3.05, 3.63) is 53.6 Å². The molecule has 2 amide bonds. The monoisotopic (exact) mass is 383 g/mol. The zero-order valence-electron chi connectivity index (χ0n) is 16.4. The average Bonchev–Trinajstić information content (AvgIpc) is 2.73. The zero-order chi connectivity index (χ0) is 20.1. The Labute approximate surface area is 164 Å². The average molecular weight is 383 g/mol. The van der Waals surface area contributed by atoms with E-state index in [1.807, 2.05) is 12.1 Å². The van der Waals surface area contributed by atoms with E-state index in [1.165, 1.54) is 12.7 Å². The molecule has 0 bridgehead atoms. The molecule has 0 saturated carbocycles. The lowest BCUT2D eigenvalue weighted by Gasteiger charge is -2.36. The van der Waals surface area contributed by atoms with Gasteiger partial charge >= 0.3 is 12.0 Å². The number of hydrogen-bond donors (Lipinski definition) is 1. The maximum atomic E-state index is 12.5. The van der Waals surface area contributed by atoms with Crippen molar-refractivity contribution >= 4 is 23.4 Å². The van der Waals surface area contributed by atoms with E-state index in [1.54, 1.807) is 36.3 Å². The molecule has 1 N–H and O–H groups in total. The first-order valence-electron chi connectivity index (χ1n) is 9.15. The van der Waals surface area contributed by atoms with Crippen LogP contribution in [0.3, 0.4) is 0 Å². The standard InChI is InChI=1S/C21H25N3O4/c1-15-4-9-19(27-2)18(14-15)23-10-12-24(13-11-23)21(26)22-17-7-5-16(6-8-17)20(25)28-3/h4-9,14H,10-13H2,1-3H3,(H,22,26). The van der Waals surface area contributed by atoms with Crippen molar-refractivity contribution in [2.75, 3.05) is 50.6 Å². The number of benzene rings is 2. The molecule has 2 aromatic rings. The third kappa shape index (κ3) is 4.36. The summed E-state index contributed by atoms with van der Waals surface area (Å²) in [5.74, 6) is 0.440. The molecule has 0 aliphatic carbocycles. The van der Waals surface area contributed by atoms with Crippen molar-refractivity contribution in [1.29, 1.82) is 0 Å². The lowest BCUT2D eigenvalue weighted by atomic mass is 10.1. The maximum absolute atomic E-state index is 12.5. The first-order chi connectivity index (χ1) is 13.5. The number of ether oxygens (including phenoxy) is 2. The van der Waals surface area contributed by atoms with Gasteiger partial charge in [-0.2, -0.15) is 0 Å². The molecular formula is C21H25N3O4. The van der Waals surface area contributed by atoms with Crippen LogP contribution in [0.4, 0.5) is 16.2 Å². The van der Waals surface area contributed by atoms with Gasteiger partial charge in [0.15, 0.2) is 0 Å². The van der Waals surface area contributed by atoms with Gasteiger partial charge in [-0.15, -0.1) is 0 Å². The van der Waals surface area contributed by atoms with Crippen LogP contribution in [0.5, 0.6) is 5.75 Å². The van der Waals surface area contributed by atoms with Crippen molar-refractivity contribution < 1.29 is 19.1 Å². The van der Waals surface area contributed by atoms with Gasteiger partial charge in [0.1, 0.15) is 5.75 Å². The number of carbonyl (C=O) groups excluding carboxylic acids is 2. The number of nitrogens with one attached hydrogen (secondary N) is 1. The minimum Gasteiger partial charge on any atom is -0.495 e. The predicted molar refractivity (Wildman–Crippen MR) is 108 cm³/mol. The van der Waals surface area contributed by atoms with Gasteiger partial charge in [-0.05, 0) is 48.9 Å². The Kier molecular flexibility index (Phi) is 6.03. The van der Waals surface area contributed by atoms with E-state index in [0.717, 1.165) is 24.5 Å².